The fraction of sp³-hybridized carbons (Fsp3) is 0.222. The number of ether oxygens (including phenoxy) is 2. The van der Waals surface area contributed by atoms with Crippen LogP contribution in [0.3, 0.4) is 0 Å². The molecule has 0 aliphatic carbocycles. The second-order valence-corrected chi connectivity index (χ2v) is 6.49. The molecule has 10 nitrogen and oxygen atoms in total. The smallest absolute Gasteiger partial charge is 0.350 e. The predicted octanol–water partition coefficient (Wildman–Crippen LogP) is 2.73. The van der Waals surface area contributed by atoms with Gasteiger partial charge in [0.2, 0.25) is 0 Å². The van der Waals surface area contributed by atoms with E-state index in [-0.39, 0.29) is 22.3 Å². The molecule has 0 fully saturated rings. The number of nitro groups is 1. The van der Waals surface area contributed by atoms with Crippen LogP contribution >= 0.6 is 11.3 Å². The maximum Gasteiger partial charge on any atom is 0.350 e. The number of aromatic nitrogens is 1. The molecule has 0 unspecified atom stereocenters. The van der Waals surface area contributed by atoms with Crippen molar-refractivity contribution in [2.45, 2.75) is 13.8 Å². The Morgan fingerprint density at radius 2 is 1.93 bits per heavy atom. The van der Waals surface area contributed by atoms with Crippen molar-refractivity contribution in [3.8, 4) is 0 Å². The molecule has 0 aliphatic rings. The third-order valence-corrected chi connectivity index (χ3v) is 4.42. The van der Waals surface area contributed by atoms with Crippen molar-refractivity contribution in [1.29, 1.82) is 0 Å². The van der Waals surface area contributed by atoms with Gasteiger partial charge in [0.15, 0.2) is 11.7 Å². The third kappa shape index (κ3) is 6.50. The molecular weight excluding hydrogens is 402 g/mol. The van der Waals surface area contributed by atoms with Gasteiger partial charge in [-0.25, -0.2) is 14.6 Å². The summed E-state index contributed by atoms with van der Waals surface area (Å²) < 4.78 is 9.72. The van der Waals surface area contributed by atoms with Gasteiger partial charge in [-0.3, -0.25) is 20.2 Å². The van der Waals surface area contributed by atoms with Gasteiger partial charge in [0.05, 0.1) is 17.2 Å². The van der Waals surface area contributed by atoms with Crippen LogP contribution in [-0.4, -0.2) is 41.0 Å². The molecule has 29 heavy (non-hydrogen) atoms. The molecule has 11 heteroatoms. The first-order valence-corrected chi connectivity index (χ1v) is 9.15. The molecule has 1 N–H and O–H groups in total. The highest BCUT2D eigenvalue weighted by molar-refractivity contribution is 7.17. The number of nitro benzene ring substituents is 1. The first-order valence-electron chi connectivity index (χ1n) is 8.33. The summed E-state index contributed by atoms with van der Waals surface area (Å²) in [5.41, 5.74) is 0.915. The number of nitrogens with zero attached hydrogens (tertiary/aromatic N) is 2. The Morgan fingerprint density at radius 1 is 1.24 bits per heavy atom. The van der Waals surface area contributed by atoms with E-state index in [2.05, 4.69) is 10.3 Å². The summed E-state index contributed by atoms with van der Waals surface area (Å²) in [6, 6.07) is 5.55. The van der Waals surface area contributed by atoms with Crippen LogP contribution in [0.1, 0.15) is 27.9 Å². The zero-order valence-corrected chi connectivity index (χ0v) is 16.4. The second-order valence-electron chi connectivity index (χ2n) is 5.49. The first kappa shape index (κ1) is 21.7. The Hall–Kier alpha value is -3.60. The molecule has 0 atom stereocenters. The molecule has 2 aromatic rings. The number of esters is 2. The van der Waals surface area contributed by atoms with Crippen molar-refractivity contribution in [2.24, 2.45) is 0 Å². The van der Waals surface area contributed by atoms with E-state index in [1.54, 1.807) is 13.8 Å². The van der Waals surface area contributed by atoms with Crippen molar-refractivity contribution in [2.75, 3.05) is 18.5 Å². The summed E-state index contributed by atoms with van der Waals surface area (Å²) in [4.78, 5) is 49.7. The van der Waals surface area contributed by atoms with Crippen LogP contribution in [0.4, 0.5) is 10.8 Å². The highest BCUT2D eigenvalue weighted by Crippen LogP contribution is 2.23. The van der Waals surface area contributed by atoms with E-state index in [1.165, 1.54) is 30.3 Å². The summed E-state index contributed by atoms with van der Waals surface area (Å²) in [5, 5.41) is 13.2. The minimum atomic E-state index is -0.763. The molecular formula is C18H17N3O7S. The molecule has 0 saturated heterocycles. The average molecular weight is 419 g/mol. The van der Waals surface area contributed by atoms with Crippen LogP contribution in [0.5, 0.6) is 0 Å². The van der Waals surface area contributed by atoms with Crippen molar-refractivity contribution in [3.05, 3.63) is 56.6 Å². The zero-order chi connectivity index (χ0) is 21.4. The molecule has 0 aliphatic heterocycles. The fourth-order valence-corrected chi connectivity index (χ4v) is 2.92. The number of hydrogen-bond donors (Lipinski definition) is 1. The van der Waals surface area contributed by atoms with Crippen molar-refractivity contribution in [1.82, 2.24) is 4.98 Å². The summed E-state index contributed by atoms with van der Waals surface area (Å²) in [5.74, 6) is -1.90. The van der Waals surface area contributed by atoms with Gasteiger partial charge < -0.3 is 9.47 Å². The van der Waals surface area contributed by atoms with Crippen LogP contribution in [0, 0.1) is 17.0 Å². The highest BCUT2D eigenvalue weighted by Gasteiger charge is 2.17. The summed E-state index contributed by atoms with van der Waals surface area (Å²) >= 11 is 0.961. The number of thiazole rings is 1. The molecule has 152 valence electrons. The molecule has 0 bridgehead atoms. The lowest BCUT2D eigenvalue weighted by atomic mass is 10.2. The van der Waals surface area contributed by atoms with Gasteiger partial charge >= 0.3 is 11.9 Å². The van der Waals surface area contributed by atoms with Crippen molar-refractivity contribution < 1.29 is 28.8 Å². The second kappa shape index (κ2) is 10.1. The zero-order valence-electron chi connectivity index (χ0n) is 15.5. The van der Waals surface area contributed by atoms with Crippen LogP contribution in [-0.2, 0) is 19.1 Å². The standard InChI is InChI=1S/C18H17N3O7S/c1-3-27-17(24)16-11(2)19-18(29-16)20-14(22)10-28-15(23)9-6-12-4-7-13(8-5-12)21(25)26/h4-9H,3,10H2,1-2H3,(H,19,20,22)/b9-6+. The van der Waals surface area contributed by atoms with Crippen LogP contribution in [0.25, 0.3) is 6.08 Å². The maximum atomic E-state index is 11.9. The Kier molecular flexibility index (Phi) is 7.54. The van der Waals surface area contributed by atoms with E-state index < -0.39 is 29.4 Å². The third-order valence-electron chi connectivity index (χ3n) is 3.37. The molecule has 2 rings (SSSR count). The lowest BCUT2D eigenvalue weighted by Gasteiger charge is -2.02. The van der Waals surface area contributed by atoms with Gasteiger partial charge in [0.1, 0.15) is 4.88 Å². The Balaban J connectivity index is 1.84. The number of non-ortho nitro benzene ring substituents is 1. The van der Waals surface area contributed by atoms with E-state index in [9.17, 15) is 24.5 Å². The Bertz CT molecular complexity index is 951. The lowest BCUT2D eigenvalue weighted by molar-refractivity contribution is -0.384. The quantitative estimate of drug-likeness (QED) is 0.298. The molecule has 0 saturated carbocycles. The fourth-order valence-electron chi connectivity index (χ4n) is 2.05. The number of aryl methyl sites for hydroxylation is 1. The molecule has 0 radical (unpaired) electrons. The molecule has 1 heterocycles. The van der Waals surface area contributed by atoms with E-state index in [0.717, 1.165) is 17.4 Å². The molecule has 1 aromatic heterocycles. The normalized spacial score (nSPS) is 10.6. The number of rotatable bonds is 8. The average Bonchev–Trinajstić information content (AvgIpc) is 3.05. The number of hydrogen-bond acceptors (Lipinski definition) is 9. The van der Waals surface area contributed by atoms with Gasteiger partial charge in [-0.15, -0.1) is 0 Å². The predicted molar refractivity (Wildman–Crippen MR) is 105 cm³/mol. The van der Waals surface area contributed by atoms with Gasteiger partial charge in [-0.1, -0.05) is 11.3 Å². The van der Waals surface area contributed by atoms with Crippen molar-refractivity contribution in [3.63, 3.8) is 0 Å². The molecule has 1 amide bonds. The van der Waals surface area contributed by atoms with Gasteiger partial charge in [0, 0.05) is 18.2 Å². The number of benzene rings is 1. The molecule has 0 spiro atoms. The lowest BCUT2D eigenvalue weighted by Crippen LogP contribution is -2.20. The van der Waals surface area contributed by atoms with Gasteiger partial charge in [0.25, 0.3) is 11.6 Å². The monoisotopic (exact) mass is 419 g/mol. The number of amides is 1. The minimum absolute atomic E-state index is 0.0649. The summed E-state index contributed by atoms with van der Waals surface area (Å²) in [6.45, 7) is 2.97. The number of anilines is 1. The van der Waals surface area contributed by atoms with Crippen LogP contribution < -0.4 is 5.32 Å². The summed E-state index contributed by atoms with van der Waals surface area (Å²) in [7, 11) is 0. The van der Waals surface area contributed by atoms with E-state index in [0.29, 0.717) is 11.3 Å². The van der Waals surface area contributed by atoms with Gasteiger partial charge in [-0.2, -0.15) is 0 Å². The van der Waals surface area contributed by atoms with E-state index in [1.807, 2.05) is 0 Å². The largest absolute Gasteiger partial charge is 0.462 e. The first-order chi connectivity index (χ1) is 13.8. The maximum absolute atomic E-state index is 11.9. The Morgan fingerprint density at radius 3 is 2.55 bits per heavy atom. The van der Waals surface area contributed by atoms with E-state index in [4.69, 9.17) is 9.47 Å². The van der Waals surface area contributed by atoms with Crippen LogP contribution in [0.15, 0.2) is 30.3 Å². The summed E-state index contributed by atoms with van der Waals surface area (Å²) in [6.07, 6.45) is 2.50. The van der Waals surface area contributed by atoms with E-state index >= 15 is 0 Å². The SMILES string of the molecule is CCOC(=O)c1sc(NC(=O)COC(=O)/C=C/c2ccc([N+](=O)[O-])cc2)nc1C. The van der Waals surface area contributed by atoms with Crippen molar-refractivity contribution >= 4 is 46.1 Å². The topological polar surface area (TPSA) is 138 Å². The van der Waals surface area contributed by atoms with Crippen LogP contribution in [0.2, 0.25) is 0 Å². The molecule has 1 aromatic carbocycles. The number of carbonyl (C=O) groups excluding carboxylic acids is 3. The minimum Gasteiger partial charge on any atom is -0.462 e. The highest BCUT2D eigenvalue weighted by atomic mass is 32.1. The number of carbonyl (C=O) groups is 3. The number of nitrogens with one attached hydrogen (secondary N) is 1. The van der Waals surface area contributed by atoms with Gasteiger partial charge in [-0.05, 0) is 37.6 Å². The Labute approximate surface area is 169 Å².